The van der Waals surface area contributed by atoms with Crippen molar-refractivity contribution in [2.24, 2.45) is 0 Å². The quantitative estimate of drug-likeness (QED) is 0.926. The fourth-order valence-electron chi connectivity index (χ4n) is 2.64. The van der Waals surface area contributed by atoms with Crippen molar-refractivity contribution in [3.05, 3.63) is 57.9 Å². The third-order valence-electron chi connectivity index (χ3n) is 3.90. The lowest BCUT2D eigenvalue weighted by Crippen LogP contribution is -2.49. The van der Waals surface area contributed by atoms with Gasteiger partial charge < -0.3 is 14.3 Å². The van der Waals surface area contributed by atoms with Crippen LogP contribution in [-0.4, -0.2) is 46.9 Å². The average Bonchev–Trinajstić information content (AvgIpc) is 3.00. The highest BCUT2D eigenvalue weighted by Gasteiger charge is 2.24. The maximum atomic E-state index is 12.4. The molecule has 0 aliphatic carbocycles. The fraction of sp³-hybridized carbons (Fsp3) is 0.375. The van der Waals surface area contributed by atoms with Crippen molar-refractivity contribution in [3.63, 3.8) is 0 Å². The van der Waals surface area contributed by atoms with Crippen LogP contribution < -0.4 is 5.56 Å². The molecule has 2 aromatic rings. The molecule has 0 spiro atoms. The molecule has 0 aromatic carbocycles. The Labute approximate surface area is 128 Å². The molecule has 0 radical (unpaired) electrons. The van der Waals surface area contributed by atoms with E-state index in [1.807, 2.05) is 12.1 Å². The lowest BCUT2D eigenvalue weighted by Gasteiger charge is -2.34. The smallest absolute Gasteiger partial charge is 0.260 e. The summed E-state index contributed by atoms with van der Waals surface area (Å²) in [5, 5.41) is 0. The molecule has 0 saturated carbocycles. The van der Waals surface area contributed by atoms with Crippen LogP contribution in [0, 0.1) is 6.92 Å². The van der Waals surface area contributed by atoms with Crippen LogP contribution in [0.3, 0.4) is 0 Å². The lowest BCUT2D eigenvalue weighted by atomic mass is 10.2. The molecule has 6 heteroatoms. The van der Waals surface area contributed by atoms with Crippen molar-refractivity contribution in [1.29, 1.82) is 0 Å². The van der Waals surface area contributed by atoms with Crippen molar-refractivity contribution in [2.75, 3.05) is 26.2 Å². The van der Waals surface area contributed by atoms with Crippen LogP contribution in [0.4, 0.5) is 0 Å². The summed E-state index contributed by atoms with van der Waals surface area (Å²) in [6, 6.07) is 7.18. The van der Waals surface area contributed by atoms with Gasteiger partial charge in [0, 0.05) is 31.9 Å². The number of aromatic amines is 1. The second-order valence-corrected chi connectivity index (χ2v) is 5.53. The normalized spacial score (nSPS) is 16.0. The third kappa shape index (κ3) is 3.12. The summed E-state index contributed by atoms with van der Waals surface area (Å²) >= 11 is 0. The van der Waals surface area contributed by atoms with E-state index >= 15 is 0 Å². The van der Waals surface area contributed by atoms with Crippen LogP contribution in [0.5, 0.6) is 0 Å². The molecule has 1 amide bonds. The molecule has 22 heavy (non-hydrogen) atoms. The zero-order valence-electron chi connectivity index (χ0n) is 12.5. The number of aromatic nitrogens is 1. The second-order valence-electron chi connectivity index (χ2n) is 5.53. The molecule has 6 nitrogen and oxygen atoms in total. The van der Waals surface area contributed by atoms with E-state index in [4.69, 9.17) is 4.42 Å². The minimum Gasteiger partial charge on any atom is -0.468 e. The Morgan fingerprint density at radius 3 is 2.64 bits per heavy atom. The van der Waals surface area contributed by atoms with Gasteiger partial charge in [-0.05, 0) is 31.2 Å². The second kappa shape index (κ2) is 6.19. The van der Waals surface area contributed by atoms with Gasteiger partial charge in [-0.15, -0.1) is 0 Å². The first-order chi connectivity index (χ1) is 10.6. The van der Waals surface area contributed by atoms with E-state index in [9.17, 15) is 9.59 Å². The summed E-state index contributed by atoms with van der Waals surface area (Å²) in [5.41, 5.74) is 0.651. The summed E-state index contributed by atoms with van der Waals surface area (Å²) in [6.07, 6.45) is 1.67. The SMILES string of the molecule is Cc1ccc(C(=O)N2CCN(Cc3ccco3)CC2)c(=O)[nH]1. The Kier molecular flexibility index (Phi) is 4.11. The molecule has 116 valence electrons. The molecule has 2 aromatic heterocycles. The largest absolute Gasteiger partial charge is 0.468 e. The number of aryl methyl sites for hydroxylation is 1. The number of furan rings is 1. The monoisotopic (exact) mass is 301 g/mol. The molecule has 1 fully saturated rings. The first-order valence-electron chi connectivity index (χ1n) is 7.37. The van der Waals surface area contributed by atoms with Gasteiger partial charge in [-0.1, -0.05) is 0 Å². The van der Waals surface area contributed by atoms with Crippen LogP contribution in [0.25, 0.3) is 0 Å². The van der Waals surface area contributed by atoms with E-state index in [0.29, 0.717) is 13.1 Å². The zero-order chi connectivity index (χ0) is 15.5. The first kappa shape index (κ1) is 14.6. The highest BCUT2D eigenvalue weighted by Crippen LogP contribution is 2.10. The summed E-state index contributed by atoms with van der Waals surface area (Å²) in [4.78, 5) is 30.9. The summed E-state index contributed by atoms with van der Waals surface area (Å²) < 4.78 is 5.34. The van der Waals surface area contributed by atoms with Crippen LogP contribution in [0.1, 0.15) is 21.8 Å². The number of H-pyrrole nitrogens is 1. The van der Waals surface area contributed by atoms with Gasteiger partial charge >= 0.3 is 0 Å². The predicted octanol–water partition coefficient (Wildman–Crippen LogP) is 1.23. The third-order valence-corrected chi connectivity index (χ3v) is 3.90. The van der Waals surface area contributed by atoms with Gasteiger partial charge in [-0.3, -0.25) is 14.5 Å². The minimum absolute atomic E-state index is 0.195. The molecule has 0 unspecified atom stereocenters. The van der Waals surface area contributed by atoms with E-state index in [0.717, 1.165) is 31.1 Å². The maximum absolute atomic E-state index is 12.4. The molecule has 1 saturated heterocycles. The minimum atomic E-state index is -0.317. The van der Waals surface area contributed by atoms with Crippen molar-refractivity contribution in [2.45, 2.75) is 13.5 Å². The highest BCUT2D eigenvalue weighted by atomic mass is 16.3. The van der Waals surface area contributed by atoms with Crippen LogP contribution in [0.2, 0.25) is 0 Å². The van der Waals surface area contributed by atoms with Gasteiger partial charge in [0.05, 0.1) is 12.8 Å². The molecular weight excluding hydrogens is 282 g/mol. The van der Waals surface area contributed by atoms with Crippen molar-refractivity contribution in [3.8, 4) is 0 Å². The molecule has 3 rings (SSSR count). The molecule has 0 bridgehead atoms. The Balaban J connectivity index is 1.61. The van der Waals surface area contributed by atoms with E-state index in [1.165, 1.54) is 0 Å². The molecule has 3 heterocycles. The number of hydrogen-bond donors (Lipinski definition) is 1. The lowest BCUT2D eigenvalue weighted by molar-refractivity contribution is 0.0618. The number of nitrogens with zero attached hydrogens (tertiary/aromatic N) is 2. The maximum Gasteiger partial charge on any atom is 0.260 e. The molecule has 1 N–H and O–H groups in total. The summed E-state index contributed by atoms with van der Waals surface area (Å²) in [5.74, 6) is 0.730. The van der Waals surface area contributed by atoms with Crippen LogP contribution in [-0.2, 0) is 6.54 Å². The van der Waals surface area contributed by atoms with Crippen molar-refractivity contribution < 1.29 is 9.21 Å². The number of amides is 1. The molecular formula is C16H19N3O3. The average molecular weight is 301 g/mol. The van der Waals surface area contributed by atoms with E-state index in [1.54, 1.807) is 30.2 Å². The van der Waals surface area contributed by atoms with Gasteiger partial charge in [-0.2, -0.15) is 0 Å². The van der Waals surface area contributed by atoms with Crippen LogP contribution >= 0.6 is 0 Å². The number of nitrogens with one attached hydrogen (secondary N) is 1. The Morgan fingerprint density at radius 1 is 1.23 bits per heavy atom. The molecule has 1 aliphatic heterocycles. The topological polar surface area (TPSA) is 69.6 Å². The van der Waals surface area contributed by atoms with E-state index in [2.05, 4.69) is 9.88 Å². The van der Waals surface area contributed by atoms with Gasteiger partial charge in [-0.25, -0.2) is 0 Å². The van der Waals surface area contributed by atoms with Crippen LogP contribution in [0.15, 0.2) is 39.7 Å². The van der Waals surface area contributed by atoms with Crippen molar-refractivity contribution >= 4 is 5.91 Å². The predicted molar refractivity (Wildman–Crippen MR) is 81.7 cm³/mol. The van der Waals surface area contributed by atoms with E-state index < -0.39 is 0 Å². The molecule has 1 aliphatic rings. The fourth-order valence-corrected chi connectivity index (χ4v) is 2.64. The number of piperazine rings is 1. The highest BCUT2D eigenvalue weighted by molar-refractivity contribution is 5.93. The van der Waals surface area contributed by atoms with Gasteiger partial charge in [0.2, 0.25) is 0 Å². The summed E-state index contributed by atoms with van der Waals surface area (Å²) in [7, 11) is 0. The first-order valence-corrected chi connectivity index (χ1v) is 7.37. The zero-order valence-corrected chi connectivity index (χ0v) is 12.5. The van der Waals surface area contributed by atoms with E-state index in [-0.39, 0.29) is 17.0 Å². The standard InChI is InChI=1S/C16H19N3O3/c1-12-4-5-14(15(20)17-12)16(21)19-8-6-18(7-9-19)11-13-3-2-10-22-13/h2-5,10H,6-9,11H2,1H3,(H,17,20). The Morgan fingerprint density at radius 2 is 2.00 bits per heavy atom. The van der Waals surface area contributed by atoms with Gasteiger partial charge in [0.1, 0.15) is 11.3 Å². The van der Waals surface area contributed by atoms with Gasteiger partial charge in [0.25, 0.3) is 11.5 Å². The number of hydrogen-bond acceptors (Lipinski definition) is 4. The Hall–Kier alpha value is -2.34. The number of carbonyl (C=O) groups excluding carboxylic acids is 1. The molecule has 0 atom stereocenters. The van der Waals surface area contributed by atoms with Gasteiger partial charge in [0.15, 0.2) is 0 Å². The Bertz CT molecular complexity index is 698. The summed E-state index contributed by atoms with van der Waals surface area (Å²) in [6.45, 7) is 5.33. The van der Waals surface area contributed by atoms with Crippen molar-refractivity contribution in [1.82, 2.24) is 14.8 Å². The number of pyridine rings is 1. The number of carbonyl (C=O) groups is 1. The number of rotatable bonds is 3.